The maximum absolute atomic E-state index is 4.52. The predicted octanol–water partition coefficient (Wildman–Crippen LogP) is 3.19. The number of rotatable bonds is 7. The zero-order chi connectivity index (χ0) is 13.5. The second-order valence-corrected chi connectivity index (χ2v) is 5.15. The molecule has 1 aromatic heterocycles. The number of aromatic nitrogens is 2. The van der Waals surface area contributed by atoms with E-state index in [0.717, 1.165) is 31.6 Å². The van der Waals surface area contributed by atoms with Crippen molar-refractivity contribution in [3.8, 4) is 0 Å². The maximum atomic E-state index is 4.52. The Morgan fingerprint density at radius 2 is 1.95 bits per heavy atom. The summed E-state index contributed by atoms with van der Waals surface area (Å²) in [6.45, 7) is 6.17. The Hall–Kier alpha value is -1.61. The Morgan fingerprint density at radius 3 is 2.63 bits per heavy atom. The summed E-state index contributed by atoms with van der Waals surface area (Å²) in [6.07, 6.45) is 4.34. The van der Waals surface area contributed by atoms with E-state index >= 15 is 0 Å². The fraction of sp³-hybridized carbons (Fsp3) is 0.438. The summed E-state index contributed by atoms with van der Waals surface area (Å²) in [6, 6.07) is 13.2. The van der Waals surface area contributed by atoms with Crippen LogP contribution < -0.4 is 5.32 Å². The van der Waals surface area contributed by atoms with Crippen LogP contribution in [0.4, 0.5) is 0 Å². The molecule has 0 amide bonds. The SMILES string of the molecule is CC(C)n1ccc(CNCCCc2ccccc2)n1. The van der Waals surface area contributed by atoms with Crippen molar-refractivity contribution in [1.29, 1.82) is 0 Å². The second kappa shape index (κ2) is 7.10. The van der Waals surface area contributed by atoms with E-state index in [2.05, 4.69) is 60.7 Å². The largest absolute Gasteiger partial charge is 0.311 e. The third kappa shape index (κ3) is 4.52. The van der Waals surface area contributed by atoms with E-state index in [-0.39, 0.29) is 0 Å². The van der Waals surface area contributed by atoms with Crippen LogP contribution in [-0.4, -0.2) is 16.3 Å². The van der Waals surface area contributed by atoms with Crippen molar-refractivity contribution in [2.24, 2.45) is 0 Å². The van der Waals surface area contributed by atoms with Gasteiger partial charge in [-0.05, 0) is 44.9 Å². The van der Waals surface area contributed by atoms with E-state index in [1.165, 1.54) is 5.56 Å². The summed E-state index contributed by atoms with van der Waals surface area (Å²) in [5.41, 5.74) is 2.53. The summed E-state index contributed by atoms with van der Waals surface area (Å²) >= 11 is 0. The molecular weight excluding hydrogens is 234 g/mol. The molecule has 1 aromatic carbocycles. The van der Waals surface area contributed by atoms with Gasteiger partial charge in [0.15, 0.2) is 0 Å². The molecule has 19 heavy (non-hydrogen) atoms. The van der Waals surface area contributed by atoms with E-state index < -0.39 is 0 Å². The van der Waals surface area contributed by atoms with E-state index in [0.29, 0.717) is 6.04 Å². The number of nitrogens with zero attached hydrogens (tertiary/aromatic N) is 2. The predicted molar refractivity (Wildman–Crippen MR) is 79.1 cm³/mol. The highest BCUT2D eigenvalue weighted by Gasteiger charge is 2.01. The molecule has 0 fully saturated rings. The molecule has 2 rings (SSSR count). The van der Waals surface area contributed by atoms with Crippen molar-refractivity contribution in [2.75, 3.05) is 6.54 Å². The van der Waals surface area contributed by atoms with Crippen LogP contribution in [0.5, 0.6) is 0 Å². The molecule has 0 bridgehead atoms. The summed E-state index contributed by atoms with van der Waals surface area (Å²) in [5.74, 6) is 0. The van der Waals surface area contributed by atoms with Crippen LogP contribution in [0.15, 0.2) is 42.6 Å². The number of benzene rings is 1. The highest BCUT2D eigenvalue weighted by atomic mass is 15.3. The van der Waals surface area contributed by atoms with Crippen LogP contribution in [0, 0.1) is 0 Å². The lowest BCUT2D eigenvalue weighted by Crippen LogP contribution is -2.16. The number of nitrogens with one attached hydrogen (secondary N) is 1. The first kappa shape index (κ1) is 13.8. The maximum Gasteiger partial charge on any atom is 0.0762 e. The molecule has 0 saturated heterocycles. The van der Waals surface area contributed by atoms with Crippen molar-refractivity contribution < 1.29 is 0 Å². The van der Waals surface area contributed by atoms with Crippen molar-refractivity contribution >= 4 is 0 Å². The van der Waals surface area contributed by atoms with E-state index in [4.69, 9.17) is 0 Å². The molecule has 0 spiro atoms. The van der Waals surface area contributed by atoms with Gasteiger partial charge in [-0.3, -0.25) is 4.68 Å². The van der Waals surface area contributed by atoms with Crippen LogP contribution in [0.25, 0.3) is 0 Å². The van der Waals surface area contributed by atoms with Crippen molar-refractivity contribution in [1.82, 2.24) is 15.1 Å². The Labute approximate surface area is 115 Å². The van der Waals surface area contributed by atoms with Crippen LogP contribution >= 0.6 is 0 Å². The quantitative estimate of drug-likeness (QED) is 0.772. The fourth-order valence-corrected chi connectivity index (χ4v) is 2.04. The van der Waals surface area contributed by atoms with Crippen LogP contribution in [-0.2, 0) is 13.0 Å². The molecule has 0 aliphatic heterocycles. The lowest BCUT2D eigenvalue weighted by Gasteiger charge is -2.05. The lowest BCUT2D eigenvalue weighted by molar-refractivity contribution is 0.521. The molecule has 102 valence electrons. The van der Waals surface area contributed by atoms with Gasteiger partial charge in [-0.1, -0.05) is 30.3 Å². The highest BCUT2D eigenvalue weighted by Crippen LogP contribution is 2.04. The Morgan fingerprint density at radius 1 is 1.16 bits per heavy atom. The summed E-state index contributed by atoms with van der Waals surface area (Å²) in [4.78, 5) is 0. The Bertz CT molecular complexity index is 474. The Kier molecular flexibility index (Phi) is 5.16. The minimum atomic E-state index is 0.437. The molecule has 1 N–H and O–H groups in total. The second-order valence-electron chi connectivity index (χ2n) is 5.15. The summed E-state index contributed by atoms with van der Waals surface area (Å²) < 4.78 is 2.00. The smallest absolute Gasteiger partial charge is 0.0762 e. The van der Waals surface area contributed by atoms with Crippen LogP contribution in [0.2, 0.25) is 0 Å². The van der Waals surface area contributed by atoms with E-state index in [1.54, 1.807) is 0 Å². The van der Waals surface area contributed by atoms with E-state index in [1.807, 2.05) is 10.9 Å². The van der Waals surface area contributed by atoms with Crippen molar-refractivity contribution in [3.05, 3.63) is 53.9 Å². The minimum Gasteiger partial charge on any atom is -0.311 e. The van der Waals surface area contributed by atoms with Crippen molar-refractivity contribution in [3.63, 3.8) is 0 Å². The molecule has 0 radical (unpaired) electrons. The average molecular weight is 257 g/mol. The molecule has 0 saturated carbocycles. The van der Waals surface area contributed by atoms with Gasteiger partial charge >= 0.3 is 0 Å². The molecule has 3 heteroatoms. The fourth-order valence-electron chi connectivity index (χ4n) is 2.04. The van der Waals surface area contributed by atoms with Gasteiger partial charge in [0.25, 0.3) is 0 Å². The van der Waals surface area contributed by atoms with Gasteiger partial charge in [0.2, 0.25) is 0 Å². The minimum absolute atomic E-state index is 0.437. The summed E-state index contributed by atoms with van der Waals surface area (Å²) in [5, 5.41) is 7.97. The van der Waals surface area contributed by atoms with E-state index in [9.17, 15) is 0 Å². The topological polar surface area (TPSA) is 29.9 Å². The molecule has 0 unspecified atom stereocenters. The van der Waals surface area contributed by atoms with Crippen molar-refractivity contribution in [2.45, 2.75) is 39.3 Å². The van der Waals surface area contributed by atoms with Gasteiger partial charge in [-0.25, -0.2) is 0 Å². The van der Waals surface area contributed by atoms with Crippen LogP contribution in [0.3, 0.4) is 0 Å². The number of aryl methyl sites for hydroxylation is 1. The third-order valence-electron chi connectivity index (χ3n) is 3.16. The van der Waals surface area contributed by atoms with Gasteiger partial charge < -0.3 is 5.32 Å². The molecular formula is C16H23N3. The molecule has 0 aliphatic carbocycles. The van der Waals surface area contributed by atoms with Crippen LogP contribution in [0.1, 0.15) is 37.6 Å². The first-order valence-corrected chi connectivity index (χ1v) is 7.04. The molecule has 0 atom stereocenters. The van der Waals surface area contributed by atoms with Gasteiger partial charge in [-0.15, -0.1) is 0 Å². The monoisotopic (exact) mass is 257 g/mol. The summed E-state index contributed by atoms with van der Waals surface area (Å²) in [7, 11) is 0. The van der Waals surface area contributed by atoms with Gasteiger partial charge in [0.05, 0.1) is 5.69 Å². The molecule has 2 aromatic rings. The number of hydrogen-bond acceptors (Lipinski definition) is 2. The zero-order valence-electron chi connectivity index (χ0n) is 11.8. The zero-order valence-corrected chi connectivity index (χ0v) is 11.8. The standard InChI is InChI=1S/C16H23N3/c1-14(2)19-12-10-16(18-19)13-17-11-6-9-15-7-4-3-5-8-15/h3-5,7-8,10,12,14,17H,6,9,11,13H2,1-2H3. The number of hydrogen-bond donors (Lipinski definition) is 1. The third-order valence-corrected chi connectivity index (χ3v) is 3.16. The normalized spacial score (nSPS) is 11.1. The molecule has 0 aliphatic rings. The average Bonchev–Trinajstić information content (AvgIpc) is 2.89. The molecule has 3 nitrogen and oxygen atoms in total. The lowest BCUT2D eigenvalue weighted by atomic mass is 10.1. The first-order valence-electron chi connectivity index (χ1n) is 7.04. The van der Waals surface area contributed by atoms with Gasteiger partial charge in [0.1, 0.15) is 0 Å². The first-order chi connectivity index (χ1) is 9.25. The highest BCUT2D eigenvalue weighted by molar-refractivity contribution is 5.14. The Balaban J connectivity index is 1.64. The van der Waals surface area contributed by atoms with Gasteiger partial charge in [-0.2, -0.15) is 5.10 Å². The van der Waals surface area contributed by atoms with Gasteiger partial charge in [0, 0.05) is 18.8 Å². The molecule has 1 heterocycles.